The van der Waals surface area contributed by atoms with E-state index in [1.54, 1.807) is 4.68 Å². The van der Waals surface area contributed by atoms with Gasteiger partial charge in [0.25, 0.3) is 0 Å². The van der Waals surface area contributed by atoms with Gasteiger partial charge in [-0.2, -0.15) is 0 Å². The molecule has 1 amide bonds. The molecule has 0 fully saturated rings. The lowest BCUT2D eigenvalue weighted by Gasteiger charge is -2.07. The molecule has 0 aromatic carbocycles. The van der Waals surface area contributed by atoms with Crippen LogP contribution in [0.5, 0.6) is 0 Å². The summed E-state index contributed by atoms with van der Waals surface area (Å²) in [6.07, 6.45) is 2.39. The van der Waals surface area contributed by atoms with Crippen molar-refractivity contribution in [3.63, 3.8) is 0 Å². The molecule has 0 bridgehead atoms. The topological polar surface area (TPSA) is 69.0 Å². The largest absolute Gasteiger partial charge is 0.372 e. The van der Waals surface area contributed by atoms with Crippen molar-refractivity contribution in [2.24, 2.45) is 0 Å². The molecule has 0 spiro atoms. The number of nitrogens with zero attached hydrogens (tertiary/aromatic N) is 3. The van der Waals surface area contributed by atoms with Crippen molar-refractivity contribution in [1.82, 2.24) is 20.3 Å². The molecule has 6 nitrogen and oxygen atoms in total. The highest BCUT2D eigenvalue weighted by molar-refractivity contribution is 5.75. The van der Waals surface area contributed by atoms with E-state index in [-0.39, 0.29) is 18.1 Å². The normalized spacial score (nSPS) is 11.2. The number of aryl methyl sites for hydroxylation is 1. The first-order chi connectivity index (χ1) is 8.47. The smallest absolute Gasteiger partial charge is 0.222 e. The van der Waals surface area contributed by atoms with Crippen LogP contribution in [0.15, 0.2) is 6.20 Å². The van der Waals surface area contributed by atoms with Gasteiger partial charge in [0, 0.05) is 12.5 Å². The Morgan fingerprint density at radius 3 is 2.78 bits per heavy atom. The van der Waals surface area contributed by atoms with Crippen molar-refractivity contribution >= 4 is 5.91 Å². The fourth-order valence-electron chi connectivity index (χ4n) is 1.38. The number of rotatable bonds is 7. The molecule has 18 heavy (non-hydrogen) atoms. The summed E-state index contributed by atoms with van der Waals surface area (Å²) >= 11 is 0. The molecule has 0 saturated heterocycles. The fourth-order valence-corrected chi connectivity index (χ4v) is 1.38. The van der Waals surface area contributed by atoms with Gasteiger partial charge in [-0.05, 0) is 27.7 Å². The maximum atomic E-state index is 11.5. The van der Waals surface area contributed by atoms with E-state index < -0.39 is 0 Å². The number of nitrogens with one attached hydrogen (secondary N) is 1. The Balaban J connectivity index is 2.33. The number of amides is 1. The Morgan fingerprint density at radius 2 is 2.17 bits per heavy atom. The predicted octanol–water partition coefficient (Wildman–Crippen LogP) is 1.12. The van der Waals surface area contributed by atoms with Crippen molar-refractivity contribution in [1.29, 1.82) is 0 Å². The summed E-state index contributed by atoms with van der Waals surface area (Å²) in [4.78, 5) is 11.5. The predicted molar refractivity (Wildman–Crippen MR) is 67.8 cm³/mol. The Hall–Kier alpha value is -1.43. The van der Waals surface area contributed by atoms with E-state index in [1.807, 2.05) is 33.9 Å². The zero-order valence-electron chi connectivity index (χ0n) is 11.5. The molecule has 0 aliphatic rings. The molecule has 0 atom stereocenters. The second kappa shape index (κ2) is 7.10. The minimum atomic E-state index is 0.0282. The van der Waals surface area contributed by atoms with Crippen LogP contribution in [0, 0.1) is 0 Å². The number of aromatic nitrogens is 3. The van der Waals surface area contributed by atoms with Crippen LogP contribution in [0.4, 0.5) is 0 Å². The number of hydrogen-bond acceptors (Lipinski definition) is 4. The minimum absolute atomic E-state index is 0.0282. The first-order valence-corrected chi connectivity index (χ1v) is 6.27. The van der Waals surface area contributed by atoms with Crippen LogP contribution < -0.4 is 5.32 Å². The first-order valence-electron chi connectivity index (χ1n) is 6.27. The average Bonchev–Trinajstić information content (AvgIpc) is 2.70. The van der Waals surface area contributed by atoms with Crippen molar-refractivity contribution < 1.29 is 9.53 Å². The monoisotopic (exact) mass is 254 g/mol. The zero-order valence-corrected chi connectivity index (χ0v) is 11.5. The summed E-state index contributed by atoms with van der Waals surface area (Å²) in [5.41, 5.74) is 0.785. The lowest BCUT2D eigenvalue weighted by Crippen LogP contribution is -2.30. The van der Waals surface area contributed by atoms with Crippen LogP contribution in [-0.4, -0.2) is 33.0 Å². The van der Waals surface area contributed by atoms with Gasteiger partial charge < -0.3 is 10.1 Å². The SMILES string of the molecule is CC(C)NC(=O)CCn1cc(COC(C)C)nn1. The van der Waals surface area contributed by atoms with Crippen molar-refractivity contribution in [2.45, 2.75) is 59.4 Å². The van der Waals surface area contributed by atoms with Crippen molar-refractivity contribution in [3.05, 3.63) is 11.9 Å². The highest BCUT2D eigenvalue weighted by Gasteiger charge is 2.06. The van der Waals surface area contributed by atoms with Crippen molar-refractivity contribution in [2.75, 3.05) is 0 Å². The van der Waals surface area contributed by atoms with Gasteiger partial charge in [0.05, 0.1) is 25.5 Å². The summed E-state index contributed by atoms with van der Waals surface area (Å²) in [7, 11) is 0. The molecule has 0 aliphatic carbocycles. The molecule has 0 unspecified atom stereocenters. The van der Waals surface area contributed by atoms with E-state index in [0.29, 0.717) is 19.6 Å². The molecule has 1 N–H and O–H groups in total. The van der Waals surface area contributed by atoms with E-state index in [2.05, 4.69) is 15.6 Å². The maximum Gasteiger partial charge on any atom is 0.222 e. The third-order valence-electron chi connectivity index (χ3n) is 2.17. The van der Waals surface area contributed by atoms with Gasteiger partial charge >= 0.3 is 0 Å². The second-order valence-corrected chi connectivity index (χ2v) is 4.80. The van der Waals surface area contributed by atoms with Crippen LogP contribution in [-0.2, 0) is 22.7 Å². The lowest BCUT2D eigenvalue weighted by molar-refractivity contribution is -0.121. The quantitative estimate of drug-likeness (QED) is 0.791. The average molecular weight is 254 g/mol. The van der Waals surface area contributed by atoms with Crippen LogP contribution >= 0.6 is 0 Å². The first kappa shape index (κ1) is 14.6. The molecule has 1 heterocycles. The van der Waals surface area contributed by atoms with E-state index in [0.717, 1.165) is 5.69 Å². The second-order valence-electron chi connectivity index (χ2n) is 4.80. The summed E-state index contributed by atoms with van der Waals surface area (Å²) in [5.74, 6) is 0.0282. The number of carbonyl (C=O) groups is 1. The van der Waals surface area contributed by atoms with Crippen LogP contribution in [0.1, 0.15) is 39.8 Å². The molecule has 0 aliphatic heterocycles. The van der Waals surface area contributed by atoms with Crippen LogP contribution in [0.2, 0.25) is 0 Å². The summed E-state index contributed by atoms with van der Waals surface area (Å²) < 4.78 is 7.09. The molecule has 0 radical (unpaired) electrons. The maximum absolute atomic E-state index is 11.5. The molecule has 0 saturated carbocycles. The zero-order chi connectivity index (χ0) is 13.5. The van der Waals surface area contributed by atoms with Crippen molar-refractivity contribution in [3.8, 4) is 0 Å². The third-order valence-corrected chi connectivity index (χ3v) is 2.17. The van der Waals surface area contributed by atoms with E-state index in [4.69, 9.17) is 4.74 Å². The molecule has 1 rings (SSSR count). The third kappa shape index (κ3) is 5.77. The summed E-state index contributed by atoms with van der Waals surface area (Å²) in [6, 6.07) is 0.170. The lowest BCUT2D eigenvalue weighted by atomic mass is 10.3. The molecule has 6 heteroatoms. The van der Waals surface area contributed by atoms with Crippen LogP contribution in [0.25, 0.3) is 0 Å². The molecule has 1 aromatic heterocycles. The number of hydrogen-bond donors (Lipinski definition) is 1. The Morgan fingerprint density at radius 1 is 1.44 bits per heavy atom. The summed E-state index contributed by atoms with van der Waals surface area (Å²) in [5, 5.41) is 10.8. The van der Waals surface area contributed by atoms with Gasteiger partial charge in [-0.15, -0.1) is 5.10 Å². The highest BCUT2D eigenvalue weighted by Crippen LogP contribution is 2.00. The standard InChI is InChI=1S/C12H22N4O2/c1-9(2)13-12(17)5-6-16-7-11(14-15-16)8-18-10(3)4/h7,9-10H,5-6,8H2,1-4H3,(H,13,17). The number of ether oxygens (including phenoxy) is 1. The summed E-state index contributed by atoms with van der Waals surface area (Å²) in [6.45, 7) is 8.81. The van der Waals surface area contributed by atoms with Gasteiger partial charge in [0.15, 0.2) is 0 Å². The van der Waals surface area contributed by atoms with Gasteiger partial charge in [-0.25, -0.2) is 0 Å². The van der Waals surface area contributed by atoms with E-state index in [9.17, 15) is 4.79 Å². The van der Waals surface area contributed by atoms with Gasteiger partial charge in [-0.1, -0.05) is 5.21 Å². The Kier molecular flexibility index (Phi) is 5.77. The van der Waals surface area contributed by atoms with Gasteiger partial charge in [0.2, 0.25) is 5.91 Å². The molecular formula is C12H22N4O2. The Labute approximate surface area is 108 Å². The highest BCUT2D eigenvalue weighted by atomic mass is 16.5. The van der Waals surface area contributed by atoms with Gasteiger partial charge in [-0.3, -0.25) is 9.48 Å². The van der Waals surface area contributed by atoms with E-state index in [1.165, 1.54) is 0 Å². The molecular weight excluding hydrogens is 232 g/mol. The molecule has 1 aromatic rings. The minimum Gasteiger partial charge on any atom is -0.372 e. The fraction of sp³-hybridized carbons (Fsp3) is 0.750. The van der Waals surface area contributed by atoms with Gasteiger partial charge in [0.1, 0.15) is 5.69 Å². The van der Waals surface area contributed by atoms with Crippen LogP contribution in [0.3, 0.4) is 0 Å². The number of carbonyl (C=O) groups excluding carboxylic acids is 1. The Bertz CT molecular complexity index is 374. The molecule has 102 valence electrons. The van der Waals surface area contributed by atoms with E-state index >= 15 is 0 Å².